The molecule has 2 heterocycles. The van der Waals surface area contributed by atoms with Crippen LogP contribution in [0.3, 0.4) is 0 Å². The molecule has 0 aromatic rings. The van der Waals surface area contributed by atoms with Crippen molar-refractivity contribution >= 4 is 14.8 Å². The second kappa shape index (κ2) is 4.65. The van der Waals surface area contributed by atoms with Crippen molar-refractivity contribution in [2.24, 2.45) is 0 Å². The van der Waals surface area contributed by atoms with Gasteiger partial charge in [-0.25, -0.2) is 0 Å². The van der Waals surface area contributed by atoms with Gasteiger partial charge < -0.3 is 0 Å². The van der Waals surface area contributed by atoms with Crippen LogP contribution >= 0.6 is 0 Å². The molecule has 2 fully saturated rings. The molecule has 0 spiro atoms. The third-order valence-corrected chi connectivity index (χ3v) is 6.53. The van der Waals surface area contributed by atoms with Gasteiger partial charge in [0.15, 0.2) is 0 Å². The van der Waals surface area contributed by atoms with Crippen molar-refractivity contribution in [2.45, 2.75) is 82.2 Å². The van der Waals surface area contributed by atoms with E-state index in [9.17, 15) is 0 Å². The first-order valence-electron chi connectivity index (χ1n) is 7.06. The number of fused-ring (bicyclic) bond motifs is 2. The Balaban J connectivity index is 1.89. The van der Waals surface area contributed by atoms with Crippen LogP contribution in [0.2, 0.25) is 43.6 Å². The van der Waals surface area contributed by atoms with Crippen LogP contribution in [0.15, 0.2) is 0 Å². The summed E-state index contributed by atoms with van der Waals surface area (Å²) in [6, 6.07) is 1.57. The molecule has 15 heavy (non-hydrogen) atoms. The second-order valence-corrected chi connectivity index (χ2v) is 12.8. The van der Waals surface area contributed by atoms with E-state index in [1.54, 1.807) is 50.9 Å². The van der Waals surface area contributed by atoms with Gasteiger partial charge in [0, 0.05) is 8.07 Å². The van der Waals surface area contributed by atoms with Crippen LogP contribution in [0, 0.1) is 0 Å². The Hall–Kier alpha value is 0.282. The molecule has 0 radical (unpaired) electrons. The minimum atomic E-state index is -0.789. The first-order valence-corrected chi connectivity index (χ1v) is 10.8. The maximum Gasteiger partial charge on any atom is 0.146 e. The quantitative estimate of drug-likeness (QED) is 0.594. The van der Waals surface area contributed by atoms with Crippen molar-refractivity contribution < 1.29 is 0 Å². The van der Waals surface area contributed by atoms with E-state index in [4.69, 9.17) is 0 Å². The predicted molar refractivity (Wildman–Crippen MR) is 73.9 cm³/mol. The van der Waals surface area contributed by atoms with Gasteiger partial charge in [-0.3, -0.25) is 0 Å². The zero-order chi connectivity index (χ0) is 10.9. The molecule has 0 amide bonds. The zero-order valence-corrected chi connectivity index (χ0v) is 11.9. The van der Waals surface area contributed by atoms with Gasteiger partial charge in [0.2, 0.25) is 0 Å². The molecular weight excluding hydrogens is 195 g/mol. The predicted octanol–water partition coefficient (Wildman–Crippen LogP) is 4.93. The van der Waals surface area contributed by atoms with Crippen LogP contribution in [0.4, 0.5) is 0 Å². The van der Waals surface area contributed by atoms with E-state index >= 15 is 0 Å². The van der Waals surface area contributed by atoms with Crippen LogP contribution < -0.4 is 0 Å². The molecule has 0 aromatic carbocycles. The molecule has 2 aliphatic rings. The largest absolute Gasteiger partial charge is 0.146 e. The molecule has 2 heteroatoms. The van der Waals surface area contributed by atoms with Gasteiger partial charge in [-0.2, -0.15) is 0 Å². The summed E-state index contributed by atoms with van der Waals surface area (Å²) in [5, 5.41) is 0. The van der Waals surface area contributed by atoms with Crippen LogP contribution in [0.25, 0.3) is 0 Å². The molecule has 0 atom stereocenters. The Kier molecular flexibility index (Phi) is 3.64. The van der Waals surface area contributed by atoms with Crippen LogP contribution in [-0.4, -0.2) is 14.8 Å². The molecule has 0 saturated carbocycles. The lowest BCUT2D eigenvalue weighted by atomic mass is 9.26. The highest BCUT2D eigenvalue weighted by atomic mass is 28.3. The molecule has 2 aliphatic heterocycles. The second-order valence-electron chi connectivity index (χ2n) is 7.15. The van der Waals surface area contributed by atoms with Gasteiger partial charge in [-0.15, -0.1) is 0 Å². The smallest absolute Gasteiger partial charge is 0.0761 e. The fraction of sp³-hybridized carbons (Fsp3) is 1.00. The van der Waals surface area contributed by atoms with Crippen molar-refractivity contribution in [3.8, 4) is 0 Å². The minimum Gasteiger partial charge on any atom is -0.0761 e. The Bertz CT molecular complexity index is 187. The summed E-state index contributed by atoms with van der Waals surface area (Å²) in [5.41, 5.74) is 0. The van der Waals surface area contributed by atoms with Crippen LogP contribution in [0.5, 0.6) is 0 Å². The molecule has 0 N–H and O–H groups in total. The Labute approximate surface area is 97.3 Å². The van der Waals surface area contributed by atoms with E-state index in [1.165, 1.54) is 0 Å². The van der Waals surface area contributed by atoms with Crippen molar-refractivity contribution in [1.82, 2.24) is 0 Å². The lowest BCUT2D eigenvalue weighted by Crippen LogP contribution is -2.36. The van der Waals surface area contributed by atoms with Crippen molar-refractivity contribution in [3.05, 3.63) is 0 Å². The topological polar surface area (TPSA) is 0 Å². The number of hydrogen-bond acceptors (Lipinski definition) is 0. The first-order chi connectivity index (χ1) is 7.06. The molecule has 0 aromatic heterocycles. The summed E-state index contributed by atoms with van der Waals surface area (Å²) in [4.78, 5) is 0. The lowest BCUT2D eigenvalue weighted by Gasteiger charge is -2.41. The number of rotatable bonds is 3. The summed E-state index contributed by atoms with van der Waals surface area (Å²) >= 11 is 0. The molecule has 2 saturated heterocycles. The molecule has 2 rings (SSSR count). The molecule has 86 valence electrons. The first kappa shape index (κ1) is 11.8. The maximum absolute atomic E-state index is 2.53. The van der Waals surface area contributed by atoms with E-state index in [2.05, 4.69) is 19.6 Å². The average molecular weight is 222 g/mol. The minimum absolute atomic E-state index is 0.789. The van der Waals surface area contributed by atoms with Gasteiger partial charge in [0.1, 0.15) is 6.71 Å². The third-order valence-electron chi connectivity index (χ3n) is 4.74. The molecule has 0 aliphatic carbocycles. The summed E-state index contributed by atoms with van der Waals surface area (Å²) in [7, 11) is -0.789. The SMILES string of the molecule is C[Si](C)(C)CCB1C2CCCC1CCC2. The highest BCUT2D eigenvalue weighted by molar-refractivity contribution is 6.77. The third kappa shape index (κ3) is 3.12. The molecule has 2 bridgehead atoms. The lowest BCUT2D eigenvalue weighted by molar-refractivity contribution is 0.442. The Morgan fingerprint density at radius 1 is 0.933 bits per heavy atom. The molecule has 0 unspecified atom stereocenters. The van der Waals surface area contributed by atoms with Crippen molar-refractivity contribution in [1.29, 1.82) is 0 Å². The highest BCUT2D eigenvalue weighted by Gasteiger charge is 2.38. The Morgan fingerprint density at radius 3 is 1.80 bits per heavy atom. The fourth-order valence-electron chi connectivity index (χ4n) is 3.89. The van der Waals surface area contributed by atoms with E-state index < -0.39 is 8.07 Å². The van der Waals surface area contributed by atoms with Crippen LogP contribution in [-0.2, 0) is 0 Å². The van der Waals surface area contributed by atoms with Gasteiger partial charge in [-0.1, -0.05) is 82.2 Å². The number of hydrogen-bond donors (Lipinski definition) is 0. The summed E-state index contributed by atoms with van der Waals surface area (Å²) in [6.07, 6.45) is 10.9. The average Bonchev–Trinajstić information content (AvgIpc) is 2.12. The van der Waals surface area contributed by atoms with E-state index in [1.807, 2.05) is 0 Å². The van der Waals surface area contributed by atoms with Gasteiger partial charge in [0.25, 0.3) is 0 Å². The van der Waals surface area contributed by atoms with Crippen molar-refractivity contribution in [3.63, 3.8) is 0 Å². The highest BCUT2D eigenvalue weighted by Crippen LogP contribution is 2.48. The normalized spacial score (nSPS) is 31.8. The molecule has 0 nitrogen and oxygen atoms in total. The molecular formula is C13H27BSi. The van der Waals surface area contributed by atoms with Gasteiger partial charge in [-0.05, 0) is 0 Å². The standard InChI is InChI=1S/C13H27BSi/c1-15(2,3)11-10-14-12-6-4-7-13(14)9-5-8-12/h12-13H,4-11H2,1-3H3. The Morgan fingerprint density at radius 2 is 1.40 bits per heavy atom. The van der Waals surface area contributed by atoms with E-state index in [-0.39, 0.29) is 0 Å². The fourth-order valence-corrected chi connectivity index (χ4v) is 5.08. The van der Waals surface area contributed by atoms with Gasteiger partial charge in [0.05, 0.1) is 0 Å². The van der Waals surface area contributed by atoms with Crippen molar-refractivity contribution in [2.75, 3.05) is 0 Å². The monoisotopic (exact) mass is 222 g/mol. The summed E-state index contributed by atoms with van der Waals surface area (Å²) in [5.74, 6) is 2.27. The zero-order valence-electron chi connectivity index (χ0n) is 10.9. The van der Waals surface area contributed by atoms with Crippen LogP contribution in [0.1, 0.15) is 38.5 Å². The van der Waals surface area contributed by atoms with E-state index in [0.29, 0.717) is 0 Å². The maximum atomic E-state index is 2.53. The summed E-state index contributed by atoms with van der Waals surface area (Å²) in [6.45, 7) is 8.74. The summed E-state index contributed by atoms with van der Waals surface area (Å²) < 4.78 is 0. The van der Waals surface area contributed by atoms with Gasteiger partial charge >= 0.3 is 0 Å². The van der Waals surface area contributed by atoms with E-state index in [0.717, 1.165) is 18.3 Å².